The van der Waals surface area contributed by atoms with Crippen LogP contribution in [-0.4, -0.2) is 15.8 Å². The highest BCUT2D eigenvalue weighted by Gasteiger charge is 2.41. The van der Waals surface area contributed by atoms with E-state index >= 15 is 0 Å². The number of nitriles is 3. The van der Waals surface area contributed by atoms with Crippen molar-refractivity contribution in [2.24, 2.45) is 0 Å². The van der Waals surface area contributed by atoms with Crippen LogP contribution in [-0.2, 0) is 0 Å². The summed E-state index contributed by atoms with van der Waals surface area (Å²) in [5.74, 6) is 0. The first-order valence-electron chi connectivity index (χ1n) is 14.8. The van der Waals surface area contributed by atoms with Crippen molar-refractivity contribution in [2.45, 2.75) is 0 Å². The van der Waals surface area contributed by atoms with Gasteiger partial charge in [-0.15, -0.1) is 0 Å². The summed E-state index contributed by atoms with van der Waals surface area (Å²) < 4.78 is 4.74. The lowest BCUT2D eigenvalue weighted by atomic mass is 9.34. The Morgan fingerprint density at radius 3 is 1.49 bits per heavy atom. The van der Waals surface area contributed by atoms with Crippen LogP contribution in [0.3, 0.4) is 0 Å². The van der Waals surface area contributed by atoms with Crippen molar-refractivity contribution >= 4 is 66.7 Å². The van der Waals surface area contributed by atoms with Crippen LogP contribution in [0.4, 0.5) is 0 Å². The van der Waals surface area contributed by atoms with E-state index in [0.717, 1.165) is 28.0 Å². The topological polar surface area (TPSA) is 81.2 Å². The summed E-state index contributed by atoms with van der Waals surface area (Å²) in [6.45, 7) is -0.00286. The third-order valence-electron chi connectivity index (χ3n) is 9.78. The molecule has 0 radical (unpaired) electrons. The van der Waals surface area contributed by atoms with Gasteiger partial charge in [0.05, 0.1) is 45.9 Å². The lowest BCUT2D eigenvalue weighted by molar-refractivity contribution is 1.14. The number of hydrogen-bond acceptors (Lipinski definition) is 3. The van der Waals surface area contributed by atoms with E-state index in [1.165, 1.54) is 49.0 Å². The van der Waals surface area contributed by atoms with Crippen LogP contribution in [0.5, 0.6) is 0 Å². The van der Waals surface area contributed by atoms with E-state index in [0.29, 0.717) is 22.3 Å². The Hall–Kier alpha value is -6.55. The maximum Gasteiger partial charge on any atom is 0.252 e. The molecule has 5 nitrogen and oxygen atoms in total. The molecule has 0 bridgehead atoms. The highest BCUT2D eigenvalue weighted by Crippen LogP contribution is 2.41. The molecule has 0 atom stereocenters. The third kappa shape index (κ3) is 2.81. The van der Waals surface area contributed by atoms with Gasteiger partial charge in [0.15, 0.2) is 0 Å². The zero-order chi connectivity index (χ0) is 30.0. The molecular formula is C39H18BN5. The second-order valence-electron chi connectivity index (χ2n) is 11.8. The van der Waals surface area contributed by atoms with Gasteiger partial charge in [0.1, 0.15) is 0 Å². The number of benzene rings is 6. The molecule has 0 amide bonds. The summed E-state index contributed by atoms with van der Waals surface area (Å²) in [6.07, 6.45) is 0. The van der Waals surface area contributed by atoms with Crippen LogP contribution in [0.15, 0.2) is 109 Å². The number of nitrogens with zero attached hydrogens (tertiary/aromatic N) is 5. The smallest absolute Gasteiger partial charge is 0.252 e. The summed E-state index contributed by atoms with van der Waals surface area (Å²) in [4.78, 5) is 0. The molecule has 0 aliphatic carbocycles. The molecule has 0 spiro atoms. The molecule has 6 aromatic carbocycles. The molecule has 2 aliphatic rings. The molecule has 8 aromatic rings. The van der Waals surface area contributed by atoms with Crippen LogP contribution < -0.4 is 16.4 Å². The summed E-state index contributed by atoms with van der Waals surface area (Å²) in [5, 5.41) is 35.0. The molecule has 6 heteroatoms. The van der Waals surface area contributed by atoms with Gasteiger partial charge in [-0.1, -0.05) is 72.8 Å². The van der Waals surface area contributed by atoms with Gasteiger partial charge in [-0.2, -0.15) is 15.8 Å². The fourth-order valence-corrected chi connectivity index (χ4v) is 8.16. The van der Waals surface area contributed by atoms with Gasteiger partial charge in [0.25, 0.3) is 6.71 Å². The molecule has 202 valence electrons. The van der Waals surface area contributed by atoms with E-state index in [1.807, 2.05) is 0 Å². The van der Waals surface area contributed by atoms with E-state index in [-0.39, 0.29) is 6.71 Å². The quantitative estimate of drug-likeness (QED) is 0.218. The Morgan fingerprint density at radius 1 is 0.511 bits per heavy atom. The molecule has 0 saturated heterocycles. The average Bonchev–Trinajstić information content (AvgIpc) is 3.62. The molecule has 10 rings (SSSR count). The van der Waals surface area contributed by atoms with Crippen molar-refractivity contribution in [1.82, 2.24) is 9.13 Å². The van der Waals surface area contributed by atoms with Gasteiger partial charge >= 0.3 is 0 Å². The molecule has 0 N–H and O–H groups in total. The standard InChI is InChI=1S/C39H18BN5/c41-19-22-15-24(20-42)36(25(16-22)21-43)23-17-34-37-35(18-23)45-33-14-4-2-8-27(33)29-10-6-12-31(39(29)45)40(37)30-11-5-9-28-26-7-1-3-13-32(26)44(34)38(28)30/h1-18H. The Morgan fingerprint density at radius 2 is 1.00 bits per heavy atom. The summed E-state index contributed by atoms with van der Waals surface area (Å²) in [5.41, 5.74) is 12.6. The Labute approximate surface area is 257 Å². The Balaban J connectivity index is 1.47. The van der Waals surface area contributed by atoms with Crippen molar-refractivity contribution in [3.63, 3.8) is 0 Å². The minimum atomic E-state index is -0.00286. The van der Waals surface area contributed by atoms with Gasteiger partial charge < -0.3 is 9.13 Å². The van der Waals surface area contributed by atoms with Gasteiger partial charge in [0, 0.05) is 49.5 Å². The van der Waals surface area contributed by atoms with Crippen molar-refractivity contribution in [3.8, 4) is 40.7 Å². The predicted molar refractivity (Wildman–Crippen MR) is 179 cm³/mol. The average molecular weight is 567 g/mol. The molecule has 4 heterocycles. The molecule has 2 aliphatic heterocycles. The number of hydrogen-bond donors (Lipinski definition) is 0. The first-order chi connectivity index (χ1) is 22.2. The number of aromatic nitrogens is 2. The van der Waals surface area contributed by atoms with E-state index in [1.54, 1.807) is 12.1 Å². The summed E-state index contributed by atoms with van der Waals surface area (Å²) in [6, 6.07) is 44.5. The van der Waals surface area contributed by atoms with Crippen molar-refractivity contribution in [2.75, 3.05) is 0 Å². The van der Waals surface area contributed by atoms with Gasteiger partial charge in [-0.3, -0.25) is 0 Å². The van der Waals surface area contributed by atoms with E-state index < -0.39 is 0 Å². The molecular weight excluding hydrogens is 549 g/mol. The molecule has 0 saturated carbocycles. The van der Waals surface area contributed by atoms with Gasteiger partial charge in [-0.25, -0.2) is 0 Å². The van der Waals surface area contributed by atoms with Crippen LogP contribution >= 0.6 is 0 Å². The molecule has 45 heavy (non-hydrogen) atoms. The normalized spacial score (nSPS) is 12.3. The van der Waals surface area contributed by atoms with Crippen molar-refractivity contribution in [1.29, 1.82) is 15.8 Å². The summed E-state index contributed by atoms with van der Waals surface area (Å²) >= 11 is 0. The number of para-hydroxylation sites is 4. The lowest BCUT2D eigenvalue weighted by Gasteiger charge is -2.34. The van der Waals surface area contributed by atoms with Crippen LogP contribution in [0.25, 0.3) is 66.1 Å². The fraction of sp³-hybridized carbons (Fsp3) is 0. The van der Waals surface area contributed by atoms with Crippen molar-refractivity contribution in [3.05, 3.63) is 126 Å². The largest absolute Gasteiger partial charge is 0.310 e. The Kier molecular flexibility index (Phi) is 4.42. The monoisotopic (exact) mass is 567 g/mol. The minimum absolute atomic E-state index is 0.00286. The fourth-order valence-electron chi connectivity index (χ4n) is 8.16. The highest BCUT2D eigenvalue weighted by molar-refractivity contribution is 7.00. The van der Waals surface area contributed by atoms with Crippen LogP contribution in [0.2, 0.25) is 0 Å². The predicted octanol–water partition coefficient (Wildman–Crippen LogP) is 6.31. The molecule has 2 aromatic heterocycles. The lowest BCUT2D eigenvalue weighted by Crippen LogP contribution is -2.59. The zero-order valence-electron chi connectivity index (χ0n) is 23.7. The number of fused-ring (bicyclic) bond motifs is 10. The van der Waals surface area contributed by atoms with E-state index in [2.05, 4.69) is 124 Å². The van der Waals surface area contributed by atoms with Crippen molar-refractivity contribution < 1.29 is 0 Å². The third-order valence-corrected chi connectivity index (χ3v) is 9.78. The van der Waals surface area contributed by atoms with Crippen LogP contribution in [0, 0.1) is 34.0 Å². The van der Waals surface area contributed by atoms with E-state index in [4.69, 9.17) is 0 Å². The maximum atomic E-state index is 10.3. The van der Waals surface area contributed by atoms with E-state index in [9.17, 15) is 15.8 Å². The second kappa shape index (κ2) is 8.30. The minimum Gasteiger partial charge on any atom is -0.310 e. The zero-order valence-corrected chi connectivity index (χ0v) is 23.7. The SMILES string of the molecule is N#Cc1cc(C#N)c(-c2cc3c4c(c2)-n2c5ccccc5c5cccc(c52)B4c2cccc4c5ccccc5n-3c24)c(C#N)c1. The first kappa shape index (κ1) is 24.0. The molecule has 0 fully saturated rings. The second-order valence-corrected chi connectivity index (χ2v) is 11.8. The van der Waals surface area contributed by atoms with Crippen LogP contribution in [0.1, 0.15) is 16.7 Å². The van der Waals surface area contributed by atoms with Gasteiger partial charge in [0.2, 0.25) is 0 Å². The molecule has 0 unspecified atom stereocenters. The maximum absolute atomic E-state index is 10.3. The highest BCUT2D eigenvalue weighted by atomic mass is 15.0. The summed E-state index contributed by atoms with van der Waals surface area (Å²) in [7, 11) is 0. The number of rotatable bonds is 1. The van der Waals surface area contributed by atoms with Gasteiger partial charge in [-0.05, 0) is 58.4 Å². The Bertz CT molecular complexity index is 2630. The first-order valence-corrected chi connectivity index (χ1v) is 14.8.